The van der Waals surface area contributed by atoms with Gasteiger partial charge in [0.25, 0.3) is 0 Å². The number of rotatable bonds is 9. The number of carbonyl (C=O) groups excluding carboxylic acids is 1. The standard InChI is InChI=1S/C25H28N6O.ClH/c26-11-13-29(24-10-12-30(25(24)32)16-21-4-2-1-3-5-21)18-23-15-28-19-31(23)17-22-8-6-20(14-27)7-9-22;/h1-9,15,19,24H,10-13,16-18,26H2;1H/t24-;/m0./s1. The molecule has 0 unspecified atom stereocenters. The van der Waals surface area contributed by atoms with Gasteiger partial charge in [-0.15, -0.1) is 12.4 Å². The van der Waals surface area contributed by atoms with Crippen LogP contribution in [0.3, 0.4) is 0 Å². The van der Waals surface area contributed by atoms with Gasteiger partial charge < -0.3 is 15.2 Å². The van der Waals surface area contributed by atoms with Crippen LogP contribution < -0.4 is 5.73 Å². The van der Waals surface area contributed by atoms with Crippen LogP contribution in [-0.2, 0) is 24.4 Å². The molecule has 2 aromatic carbocycles. The fourth-order valence-electron chi connectivity index (χ4n) is 4.24. The van der Waals surface area contributed by atoms with Crippen LogP contribution in [0.4, 0.5) is 0 Å². The first kappa shape index (κ1) is 24.5. The van der Waals surface area contributed by atoms with Gasteiger partial charge in [0.05, 0.1) is 29.7 Å². The van der Waals surface area contributed by atoms with Gasteiger partial charge in [-0.3, -0.25) is 9.69 Å². The highest BCUT2D eigenvalue weighted by Gasteiger charge is 2.35. The Morgan fingerprint density at radius 1 is 1.09 bits per heavy atom. The van der Waals surface area contributed by atoms with E-state index in [-0.39, 0.29) is 24.4 Å². The zero-order chi connectivity index (χ0) is 22.3. The number of benzene rings is 2. The Morgan fingerprint density at radius 2 is 1.82 bits per heavy atom. The molecule has 8 heteroatoms. The van der Waals surface area contributed by atoms with E-state index in [1.807, 2.05) is 59.9 Å². The molecule has 0 spiro atoms. The van der Waals surface area contributed by atoms with E-state index in [0.717, 1.165) is 29.8 Å². The molecule has 2 heterocycles. The second kappa shape index (κ2) is 11.6. The number of hydrogen-bond donors (Lipinski definition) is 1. The summed E-state index contributed by atoms with van der Waals surface area (Å²) in [6, 6.07) is 19.7. The van der Waals surface area contributed by atoms with Crippen molar-refractivity contribution >= 4 is 18.3 Å². The number of nitriles is 1. The lowest BCUT2D eigenvalue weighted by molar-refractivity contribution is -0.132. The zero-order valence-electron chi connectivity index (χ0n) is 18.5. The number of amides is 1. The molecule has 1 aliphatic rings. The van der Waals surface area contributed by atoms with Gasteiger partial charge in [0.1, 0.15) is 0 Å². The van der Waals surface area contributed by atoms with Gasteiger partial charge in [-0.25, -0.2) is 4.98 Å². The predicted octanol–water partition coefficient (Wildman–Crippen LogP) is 2.79. The molecule has 0 aliphatic carbocycles. The second-order valence-electron chi connectivity index (χ2n) is 8.13. The van der Waals surface area contributed by atoms with Crippen LogP contribution in [0.5, 0.6) is 0 Å². The van der Waals surface area contributed by atoms with Crippen molar-refractivity contribution in [2.75, 3.05) is 19.6 Å². The van der Waals surface area contributed by atoms with E-state index < -0.39 is 0 Å². The van der Waals surface area contributed by atoms with Crippen LogP contribution in [-0.4, -0.2) is 50.9 Å². The number of nitrogens with two attached hydrogens (primary N) is 1. The highest BCUT2D eigenvalue weighted by molar-refractivity contribution is 5.85. The minimum Gasteiger partial charge on any atom is -0.337 e. The average molecular weight is 465 g/mol. The Balaban J connectivity index is 0.00000306. The van der Waals surface area contributed by atoms with Gasteiger partial charge in [-0.1, -0.05) is 42.5 Å². The number of nitrogens with zero attached hydrogens (tertiary/aromatic N) is 5. The zero-order valence-corrected chi connectivity index (χ0v) is 19.3. The van der Waals surface area contributed by atoms with Crippen LogP contribution in [0.25, 0.3) is 0 Å². The quantitative estimate of drug-likeness (QED) is 0.525. The third-order valence-corrected chi connectivity index (χ3v) is 5.94. The predicted molar refractivity (Wildman–Crippen MR) is 129 cm³/mol. The molecule has 1 fully saturated rings. The topological polar surface area (TPSA) is 91.2 Å². The molecule has 2 N–H and O–H groups in total. The molecule has 1 atom stereocenters. The smallest absolute Gasteiger partial charge is 0.240 e. The lowest BCUT2D eigenvalue weighted by Gasteiger charge is -2.28. The van der Waals surface area contributed by atoms with Gasteiger partial charge in [0.15, 0.2) is 0 Å². The van der Waals surface area contributed by atoms with Crippen molar-refractivity contribution in [3.05, 3.63) is 89.5 Å². The van der Waals surface area contributed by atoms with Crippen LogP contribution in [0, 0.1) is 11.3 Å². The van der Waals surface area contributed by atoms with E-state index in [2.05, 4.69) is 32.7 Å². The van der Waals surface area contributed by atoms with Gasteiger partial charge in [-0.2, -0.15) is 5.26 Å². The molecule has 1 aliphatic heterocycles. The summed E-state index contributed by atoms with van der Waals surface area (Å²) in [5.41, 5.74) is 9.83. The highest BCUT2D eigenvalue weighted by atomic mass is 35.5. The molecule has 172 valence electrons. The molecular weight excluding hydrogens is 436 g/mol. The van der Waals surface area contributed by atoms with E-state index in [1.165, 1.54) is 0 Å². The molecule has 0 saturated carbocycles. The number of carbonyl (C=O) groups is 1. The molecule has 0 radical (unpaired) electrons. The second-order valence-corrected chi connectivity index (χ2v) is 8.13. The van der Waals surface area contributed by atoms with Crippen LogP contribution in [0.1, 0.15) is 28.8 Å². The summed E-state index contributed by atoms with van der Waals surface area (Å²) in [7, 11) is 0. The summed E-state index contributed by atoms with van der Waals surface area (Å²) in [4.78, 5) is 21.6. The number of likely N-dealkylation sites (tertiary alicyclic amines) is 1. The molecule has 1 aromatic heterocycles. The number of halogens is 1. The van der Waals surface area contributed by atoms with Crippen LogP contribution in [0.15, 0.2) is 67.1 Å². The summed E-state index contributed by atoms with van der Waals surface area (Å²) in [6.07, 6.45) is 4.47. The molecular formula is C25H29ClN6O. The minimum absolute atomic E-state index is 0. The largest absolute Gasteiger partial charge is 0.337 e. The van der Waals surface area contributed by atoms with E-state index in [9.17, 15) is 4.79 Å². The molecule has 1 saturated heterocycles. The molecule has 0 bridgehead atoms. The van der Waals surface area contributed by atoms with Crippen LogP contribution >= 0.6 is 12.4 Å². The Kier molecular flexibility index (Phi) is 8.61. The summed E-state index contributed by atoms with van der Waals surface area (Å²) in [6.45, 7) is 3.82. The van der Waals surface area contributed by atoms with Crippen molar-refractivity contribution in [1.29, 1.82) is 5.26 Å². The summed E-state index contributed by atoms with van der Waals surface area (Å²) >= 11 is 0. The fraction of sp³-hybridized carbons (Fsp3) is 0.320. The van der Waals surface area contributed by atoms with Crippen LogP contribution in [0.2, 0.25) is 0 Å². The summed E-state index contributed by atoms with van der Waals surface area (Å²) in [5, 5.41) is 8.99. The number of aromatic nitrogens is 2. The molecule has 3 aromatic rings. The average Bonchev–Trinajstić information content (AvgIpc) is 3.41. The molecule has 1 amide bonds. The van der Waals surface area contributed by atoms with Crippen molar-refractivity contribution in [1.82, 2.24) is 19.4 Å². The number of hydrogen-bond acceptors (Lipinski definition) is 5. The minimum atomic E-state index is -0.166. The third kappa shape index (κ3) is 5.99. The van der Waals surface area contributed by atoms with E-state index in [4.69, 9.17) is 11.0 Å². The Bertz CT molecular complexity index is 1080. The van der Waals surface area contributed by atoms with Gasteiger partial charge in [-0.05, 0) is 29.7 Å². The van der Waals surface area contributed by atoms with E-state index in [1.54, 1.807) is 0 Å². The molecule has 7 nitrogen and oxygen atoms in total. The molecule has 33 heavy (non-hydrogen) atoms. The maximum Gasteiger partial charge on any atom is 0.240 e. The van der Waals surface area contributed by atoms with Crippen molar-refractivity contribution in [2.45, 2.75) is 32.1 Å². The molecule has 4 rings (SSSR count). The highest BCUT2D eigenvalue weighted by Crippen LogP contribution is 2.22. The first-order valence-electron chi connectivity index (χ1n) is 10.9. The fourth-order valence-corrected chi connectivity index (χ4v) is 4.24. The van der Waals surface area contributed by atoms with Crippen molar-refractivity contribution in [2.24, 2.45) is 5.73 Å². The normalized spacial score (nSPS) is 15.5. The Morgan fingerprint density at radius 3 is 2.52 bits per heavy atom. The third-order valence-electron chi connectivity index (χ3n) is 5.94. The van der Waals surface area contributed by atoms with Gasteiger partial charge in [0, 0.05) is 45.5 Å². The lowest BCUT2D eigenvalue weighted by atomic mass is 10.1. The van der Waals surface area contributed by atoms with Crippen molar-refractivity contribution in [3.8, 4) is 6.07 Å². The number of imidazole rings is 1. The first-order chi connectivity index (χ1) is 15.7. The maximum atomic E-state index is 13.2. The first-order valence-corrected chi connectivity index (χ1v) is 10.9. The summed E-state index contributed by atoms with van der Waals surface area (Å²) < 4.78 is 2.09. The van der Waals surface area contributed by atoms with E-state index >= 15 is 0 Å². The van der Waals surface area contributed by atoms with Crippen molar-refractivity contribution < 1.29 is 4.79 Å². The monoisotopic (exact) mass is 464 g/mol. The van der Waals surface area contributed by atoms with Gasteiger partial charge in [0.2, 0.25) is 5.91 Å². The van der Waals surface area contributed by atoms with Gasteiger partial charge >= 0.3 is 0 Å². The maximum absolute atomic E-state index is 13.2. The Labute approximate surface area is 200 Å². The lowest BCUT2D eigenvalue weighted by Crippen LogP contribution is -2.43. The summed E-state index contributed by atoms with van der Waals surface area (Å²) in [5.74, 6) is 0.167. The van der Waals surface area contributed by atoms with E-state index in [0.29, 0.717) is 38.3 Å². The Hall–Kier alpha value is -3.18. The van der Waals surface area contributed by atoms with Crippen molar-refractivity contribution in [3.63, 3.8) is 0 Å². The SMILES string of the molecule is Cl.N#Cc1ccc(Cn2cncc2CN(CCN)[C@H]2CCN(Cc3ccccc3)C2=O)cc1.